The number of carbonyl (C=O) groups is 2. The molecular formula is C11H10O5. The van der Waals surface area contributed by atoms with E-state index < -0.39 is 11.9 Å². The molecule has 1 aromatic carbocycles. The molecule has 84 valence electrons. The van der Waals surface area contributed by atoms with Gasteiger partial charge in [-0.05, 0) is 6.92 Å². The summed E-state index contributed by atoms with van der Waals surface area (Å²) in [6.45, 7) is 1.69. The lowest BCUT2D eigenvalue weighted by molar-refractivity contribution is 0.0442. The van der Waals surface area contributed by atoms with Crippen LogP contribution >= 0.6 is 0 Å². The Morgan fingerprint density at radius 1 is 1.00 bits per heavy atom. The van der Waals surface area contributed by atoms with E-state index in [4.69, 9.17) is 9.47 Å². The van der Waals surface area contributed by atoms with Crippen molar-refractivity contribution in [2.75, 3.05) is 14.2 Å². The van der Waals surface area contributed by atoms with Gasteiger partial charge in [-0.1, -0.05) is 0 Å². The van der Waals surface area contributed by atoms with Gasteiger partial charge >= 0.3 is 11.9 Å². The maximum atomic E-state index is 11.5. The highest BCUT2D eigenvalue weighted by Crippen LogP contribution is 2.37. The van der Waals surface area contributed by atoms with E-state index in [2.05, 4.69) is 4.74 Å². The Balaban J connectivity index is 2.78. The average molecular weight is 222 g/mol. The Labute approximate surface area is 91.9 Å². The van der Waals surface area contributed by atoms with Crippen LogP contribution in [0.2, 0.25) is 0 Å². The first-order valence-corrected chi connectivity index (χ1v) is 4.62. The molecule has 16 heavy (non-hydrogen) atoms. The number of esters is 2. The number of hydrogen-bond donors (Lipinski definition) is 0. The van der Waals surface area contributed by atoms with Crippen LogP contribution in [-0.2, 0) is 4.74 Å². The van der Waals surface area contributed by atoms with E-state index in [1.54, 1.807) is 13.0 Å². The maximum Gasteiger partial charge on any atom is 0.350 e. The van der Waals surface area contributed by atoms with Gasteiger partial charge in [-0.25, -0.2) is 9.59 Å². The molecule has 0 aliphatic carbocycles. The summed E-state index contributed by atoms with van der Waals surface area (Å²) < 4.78 is 14.7. The first-order chi connectivity index (χ1) is 7.60. The van der Waals surface area contributed by atoms with Crippen LogP contribution in [0.15, 0.2) is 6.07 Å². The zero-order valence-electron chi connectivity index (χ0n) is 9.12. The summed E-state index contributed by atoms with van der Waals surface area (Å²) in [6.07, 6.45) is 0. The third-order valence-electron chi connectivity index (χ3n) is 2.54. The molecule has 5 heteroatoms. The minimum Gasteiger partial charge on any atom is -0.496 e. The molecule has 0 saturated carbocycles. The minimum atomic E-state index is -0.678. The predicted molar refractivity (Wildman–Crippen MR) is 54.0 cm³/mol. The summed E-state index contributed by atoms with van der Waals surface area (Å²) in [4.78, 5) is 22.9. The average Bonchev–Trinajstić information content (AvgIpc) is 2.56. The van der Waals surface area contributed by atoms with Crippen molar-refractivity contribution < 1.29 is 23.8 Å². The Hall–Kier alpha value is -2.04. The first kappa shape index (κ1) is 10.5. The van der Waals surface area contributed by atoms with E-state index >= 15 is 0 Å². The molecule has 0 aromatic heterocycles. The molecular weight excluding hydrogens is 212 g/mol. The molecule has 0 amide bonds. The highest BCUT2D eigenvalue weighted by molar-refractivity contribution is 6.17. The Morgan fingerprint density at radius 2 is 1.56 bits per heavy atom. The molecule has 0 N–H and O–H groups in total. The van der Waals surface area contributed by atoms with Crippen molar-refractivity contribution in [2.45, 2.75) is 6.92 Å². The molecule has 1 aliphatic rings. The lowest BCUT2D eigenvalue weighted by Crippen LogP contribution is -2.01. The van der Waals surface area contributed by atoms with Crippen molar-refractivity contribution in [1.82, 2.24) is 0 Å². The second-order valence-electron chi connectivity index (χ2n) is 3.33. The molecule has 0 saturated heterocycles. The van der Waals surface area contributed by atoms with E-state index in [-0.39, 0.29) is 16.9 Å². The van der Waals surface area contributed by atoms with Gasteiger partial charge < -0.3 is 14.2 Å². The first-order valence-electron chi connectivity index (χ1n) is 4.62. The molecule has 2 rings (SSSR count). The van der Waals surface area contributed by atoms with Gasteiger partial charge in [0.2, 0.25) is 0 Å². The number of cyclic esters (lactones) is 2. The molecule has 1 aliphatic heterocycles. The Morgan fingerprint density at radius 3 is 2.12 bits per heavy atom. The van der Waals surface area contributed by atoms with Crippen LogP contribution in [0.25, 0.3) is 0 Å². The van der Waals surface area contributed by atoms with Crippen molar-refractivity contribution in [1.29, 1.82) is 0 Å². The summed E-state index contributed by atoms with van der Waals surface area (Å²) in [5, 5.41) is 0. The number of methoxy groups -OCH3 is 2. The fourth-order valence-electron chi connectivity index (χ4n) is 1.75. The SMILES string of the molecule is COc1cc(OC)c2c(c1C)C(=O)OC2=O. The van der Waals surface area contributed by atoms with Crippen molar-refractivity contribution in [2.24, 2.45) is 0 Å². The van der Waals surface area contributed by atoms with Gasteiger partial charge in [0.05, 0.1) is 19.8 Å². The second kappa shape index (κ2) is 3.52. The Kier molecular flexibility index (Phi) is 2.30. The minimum absolute atomic E-state index is 0.172. The number of ether oxygens (including phenoxy) is 3. The Bertz CT molecular complexity index is 490. The van der Waals surface area contributed by atoms with Crippen LogP contribution in [-0.4, -0.2) is 26.2 Å². The summed E-state index contributed by atoms with van der Waals surface area (Å²) in [6, 6.07) is 1.56. The van der Waals surface area contributed by atoms with Crippen molar-refractivity contribution in [3.63, 3.8) is 0 Å². The fraction of sp³-hybridized carbons (Fsp3) is 0.273. The molecule has 1 aromatic rings. The standard InChI is InChI=1S/C11H10O5/c1-5-6(14-2)4-7(15-3)9-8(5)10(12)16-11(9)13/h4H,1-3H3. The quantitative estimate of drug-likeness (QED) is 0.558. The highest BCUT2D eigenvalue weighted by atomic mass is 16.6. The van der Waals surface area contributed by atoms with Gasteiger partial charge in [0.1, 0.15) is 17.1 Å². The second-order valence-corrected chi connectivity index (χ2v) is 3.33. The normalized spacial score (nSPS) is 13.4. The van der Waals surface area contributed by atoms with Gasteiger partial charge in [0.25, 0.3) is 0 Å². The zero-order valence-corrected chi connectivity index (χ0v) is 9.12. The monoisotopic (exact) mass is 222 g/mol. The van der Waals surface area contributed by atoms with E-state index in [1.165, 1.54) is 14.2 Å². The number of rotatable bonds is 2. The van der Waals surface area contributed by atoms with Crippen LogP contribution < -0.4 is 9.47 Å². The predicted octanol–water partition coefficient (Wildman–Crippen LogP) is 1.32. The lowest BCUT2D eigenvalue weighted by atomic mass is 10.0. The van der Waals surface area contributed by atoms with Crippen LogP contribution in [0.4, 0.5) is 0 Å². The smallest absolute Gasteiger partial charge is 0.350 e. The zero-order chi connectivity index (χ0) is 11.9. The summed E-state index contributed by atoms with van der Waals surface area (Å²) in [5.41, 5.74) is 0.973. The van der Waals surface area contributed by atoms with E-state index in [9.17, 15) is 9.59 Å². The summed E-state index contributed by atoms with van der Waals surface area (Å²) >= 11 is 0. The molecule has 5 nitrogen and oxygen atoms in total. The molecule has 0 fully saturated rings. The highest BCUT2D eigenvalue weighted by Gasteiger charge is 2.36. The van der Waals surface area contributed by atoms with Gasteiger partial charge in [-0.15, -0.1) is 0 Å². The molecule has 1 heterocycles. The number of benzene rings is 1. The van der Waals surface area contributed by atoms with Crippen molar-refractivity contribution in [3.8, 4) is 11.5 Å². The van der Waals surface area contributed by atoms with E-state index in [1.807, 2.05) is 0 Å². The summed E-state index contributed by atoms with van der Waals surface area (Å²) in [7, 11) is 2.90. The maximum absolute atomic E-state index is 11.5. The van der Waals surface area contributed by atoms with Crippen LogP contribution in [0, 0.1) is 6.92 Å². The van der Waals surface area contributed by atoms with Crippen LogP contribution in [0.3, 0.4) is 0 Å². The van der Waals surface area contributed by atoms with E-state index in [0.29, 0.717) is 11.3 Å². The van der Waals surface area contributed by atoms with Gasteiger partial charge in [-0.2, -0.15) is 0 Å². The number of fused-ring (bicyclic) bond motifs is 1. The molecule has 0 radical (unpaired) electrons. The number of carbonyl (C=O) groups excluding carboxylic acids is 2. The third kappa shape index (κ3) is 1.25. The number of hydrogen-bond acceptors (Lipinski definition) is 5. The van der Waals surface area contributed by atoms with E-state index in [0.717, 1.165) is 0 Å². The molecule has 0 atom stereocenters. The van der Waals surface area contributed by atoms with Crippen LogP contribution in [0.1, 0.15) is 26.3 Å². The molecule has 0 spiro atoms. The fourth-order valence-corrected chi connectivity index (χ4v) is 1.75. The van der Waals surface area contributed by atoms with Gasteiger partial charge in [0.15, 0.2) is 0 Å². The van der Waals surface area contributed by atoms with Crippen molar-refractivity contribution >= 4 is 11.9 Å². The van der Waals surface area contributed by atoms with Gasteiger partial charge in [-0.3, -0.25) is 0 Å². The largest absolute Gasteiger partial charge is 0.496 e. The third-order valence-corrected chi connectivity index (χ3v) is 2.54. The lowest BCUT2D eigenvalue weighted by Gasteiger charge is -2.10. The molecule has 0 unspecified atom stereocenters. The van der Waals surface area contributed by atoms with Crippen LogP contribution in [0.5, 0.6) is 11.5 Å². The van der Waals surface area contributed by atoms with Crippen molar-refractivity contribution in [3.05, 3.63) is 22.8 Å². The topological polar surface area (TPSA) is 61.8 Å². The molecule has 0 bridgehead atoms. The summed E-state index contributed by atoms with van der Waals surface area (Å²) in [5.74, 6) is -0.562. The van der Waals surface area contributed by atoms with Gasteiger partial charge in [0, 0.05) is 11.6 Å².